The highest BCUT2D eigenvalue weighted by molar-refractivity contribution is 7.57. The van der Waals surface area contributed by atoms with Gasteiger partial charge in [-0.3, -0.25) is 38.1 Å². The number of aromatic nitrogens is 4. The number of carbonyl (C=O) groups is 1. The molecule has 0 radical (unpaired) electrons. The lowest BCUT2D eigenvalue weighted by molar-refractivity contribution is -0.142. The molecule has 4 heterocycles. The molecule has 0 aliphatic carbocycles. The van der Waals surface area contributed by atoms with E-state index in [2.05, 4.69) is 25.1 Å². The molecule has 240 valence electrons. The molecule has 2 fully saturated rings. The molecule has 2 aromatic heterocycles. The standard InChI is InChI=1S/C24H33N8O11P/c1-11-7-31(23(37)26-20(11)34)18-5-14(28-30-25)17(42-18)10-44(39,29-13(3)22(36)40-4)43-15-6-19(41-16(15)9-33)32-8-12(2)21(35)27-24(32)38/h7-8,13-19,33H,5-6,9-10H2,1-4H3,(H,29,39)(H,26,34,37)(H,27,35,38)/t13-,14?,15-,16+,17+,18+,19+,44?/m0/s1. The Morgan fingerprint density at radius 1 is 1.11 bits per heavy atom. The van der Waals surface area contributed by atoms with Crippen LogP contribution in [0.3, 0.4) is 0 Å². The molecule has 0 amide bonds. The number of carbonyl (C=O) groups excluding carboxylic acids is 1. The lowest BCUT2D eigenvalue weighted by Gasteiger charge is -2.29. The molecule has 8 atom stereocenters. The minimum atomic E-state index is -4.19. The maximum Gasteiger partial charge on any atom is 0.330 e. The lowest BCUT2D eigenvalue weighted by Crippen LogP contribution is -2.39. The van der Waals surface area contributed by atoms with Crippen LogP contribution in [0, 0.1) is 13.8 Å². The SMILES string of the molecule is COC(=O)[C@H](C)NP(=O)(C[C@H]1O[C@@H](n2cc(C)c(=O)[nH]c2=O)CC1N=[N+]=[N-])O[C@H]1C[C@H](n2cc(C)c(=O)[nH]c2=O)O[C@@H]1CO. The highest BCUT2D eigenvalue weighted by atomic mass is 31.2. The van der Waals surface area contributed by atoms with E-state index in [9.17, 15) is 39.2 Å². The Bertz CT molecular complexity index is 1730. The van der Waals surface area contributed by atoms with Gasteiger partial charge in [-0.05, 0) is 26.3 Å². The van der Waals surface area contributed by atoms with Crippen molar-refractivity contribution in [1.29, 1.82) is 0 Å². The van der Waals surface area contributed by atoms with E-state index >= 15 is 0 Å². The van der Waals surface area contributed by atoms with Gasteiger partial charge in [-0.2, -0.15) is 0 Å². The van der Waals surface area contributed by atoms with E-state index < -0.39 is 91.6 Å². The van der Waals surface area contributed by atoms with Gasteiger partial charge >= 0.3 is 17.3 Å². The van der Waals surface area contributed by atoms with E-state index in [4.69, 9.17) is 18.7 Å². The summed E-state index contributed by atoms with van der Waals surface area (Å²) in [6, 6.07) is -2.10. The van der Waals surface area contributed by atoms with Crippen molar-refractivity contribution in [3.05, 3.63) is 75.6 Å². The summed E-state index contributed by atoms with van der Waals surface area (Å²) in [4.78, 5) is 68.1. The zero-order valence-electron chi connectivity index (χ0n) is 24.2. The first-order valence-corrected chi connectivity index (χ1v) is 15.3. The number of methoxy groups -OCH3 is 1. The average molecular weight is 641 g/mol. The van der Waals surface area contributed by atoms with Crippen molar-refractivity contribution in [3.63, 3.8) is 0 Å². The summed E-state index contributed by atoms with van der Waals surface area (Å²) in [5.41, 5.74) is 6.95. The van der Waals surface area contributed by atoms with Gasteiger partial charge in [-0.1, -0.05) is 5.11 Å². The van der Waals surface area contributed by atoms with Gasteiger partial charge in [0.05, 0.1) is 38.1 Å². The zero-order valence-corrected chi connectivity index (χ0v) is 25.1. The number of aliphatic hydroxyl groups is 1. The molecule has 4 N–H and O–H groups in total. The first-order valence-electron chi connectivity index (χ1n) is 13.5. The van der Waals surface area contributed by atoms with Gasteiger partial charge < -0.3 is 23.8 Å². The number of azide groups is 1. The number of aromatic amines is 2. The molecule has 0 spiro atoms. The number of aliphatic hydroxyl groups excluding tert-OH is 1. The van der Waals surface area contributed by atoms with Crippen molar-refractivity contribution in [2.24, 2.45) is 5.11 Å². The van der Waals surface area contributed by atoms with Gasteiger partial charge in [0.25, 0.3) is 18.6 Å². The highest BCUT2D eigenvalue weighted by Crippen LogP contribution is 2.51. The van der Waals surface area contributed by atoms with Crippen molar-refractivity contribution in [3.8, 4) is 0 Å². The number of nitrogens with one attached hydrogen (secondary N) is 3. The van der Waals surface area contributed by atoms with Crippen LogP contribution in [0.15, 0.2) is 36.7 Å². The predicted octanol–water partition coefficient (Wildman–Crippen LogP) is -0.321. The molecular formula is C24H33N8O11P. The second-order valence-electron chi connectivity index (χ2n) is 10.5. The van der Waals surface area contributed by atoms with Crippen LogP contribution in [-0.2, 0) is 28.1 Å². The van der Waals surface area contributed by atoms with Crippen LogP contribution in [0.4, 0.5) is 0 Å². The lowest BCUT2D eigenvalue weighted by atomic mass is 10.1. The summed E-state index contributed by atoms with van der Waals surface area (Å²) >= 11 is 0. The maximum absolute atomic E-state index is 14.5. The van der Waals surface area contributed by atoms with E-state index in [0.717, 1.165) is 16.2 Å². The summed E-state index contributed by atoms with van der Waals surface area (Å²) < 4.78 is 39.3. The Kier molecular flexibility index (Phi) is 10.1. The van der Waals surface area contributed by atoms with E-state index in [0.29, 0.717) is 0 Å². The third-order valence-electron chi connectivity index (χ3n) is 7.35. The third-order valence-corrected chi connectivity index (χ3v) is 9.58. The fraction of sp³-hybridized carbons (Fsp3) is 0.625. The maximum atomic E-state index is 14.5. The molecular weight excluding hydrogens is 607 g/mol. The van der Waals surface area contributed by atoms with Crippen molar-refractivity contribution >= 4 is 13.5 Å². The summed E-state index contributed by atoms with van der Waals surface area (Å²) in [6.07, 6.45) is -3.29. The Balaban J connectivity index is 1.64. The fourth-order valence-corrected chi connectivity index (χ4v) is 7.50. The molecule has 2 saturated heterocycles. The van der Waals surface area contributed by atoms with Gasteiger partial charge in [-0.15, -0.1) is 0 Å². The summed E-state index contributed by atoms with van der Waals surface area (Å²) in [7, 11) is -3.05. The van der Waals surface area contributed by atoms with Crippen LogP contribution < -0.4 is 27.6 Å². The van der Waals surface area contributed by atoms with E-state index in [-0.39, 0.29) is 24.0 Å². The number of aryl methyl sites for hydroxylation is 2. The fourth-order valence-electron chi connectivity index (χ4n) is 5.09. The van der Waals surface area contributed by atoms with E-state index in [1.807, 2.05) is 0 Å². The van der Waals surface area contributed by atoms with Crippen LogP contribution in [0.2, 0.25) is 0 Å². The summed E-state index contributed by atoms with van der Waals surface area (Å²) in [5.74, 6) is -0.768. The van der Waals surface area contributed by atoms with Crippen LogP contribution >= 0.6 is 7.52 Å². The second-order valence-corrected chi connectivity index (χ2v) is 12.7. The Labute approximate surface area is 248 Å². The highest BCUT2D eigenvalue weighted by Gasteiger charge is 2.46. The second kappa shape index (κ2) is 13.4. The number of esters is 1. The first-order chi connectivity index (χ1) is 20.8. The van der Waals surface area contributed by atoms with Gasteiger partial charge in [0.1, 0.15) is 24.6 Å². The third kappa shape index (κ3) is 7.10. The van der Waals surface area contributed by atoms with E-state index in [1.54, 1.807) is 0 Å². The topological polar surface area (TPSA) is 262 Å². The van der Waals surface area contributed by atoms with Crippen molar-refractivity contribution < 1.29 is 33.2 Å². The predicted molar refractivity (Wildman–Crippen MR) is 151 cm³/mol. The molecule has 20 heteroatoms. The van der Waals surface area contributed by atoms with Gasteiger partial charge in [0.2, 0.25) is 0 Å². The number of H-pyrrole nitrogens is 2. The number of rotatable bonds is 11. The van der Waals surface area contributed by atoms with Gasteiger partial charge in [-0.25, -0.2) is 14.7 Å². The number of hydrogen-bond donors (Lipinski definition) is 4. The van der Waals surface area contributed by atoms with E-state index in [1.165, 1.54) is 33.2 Å². The molecule has 19 nitrogen and oxygen atoms in total. The normalized spacial score (nSPS) is 26.9. The molecule has 2 aliphatic rings. The number of hydrogen-bond acceptors (Lipinski definition) is 12. The Morgan fingerprint density at radius 3 is 2.18 bits per heavy atom. The quantitative estimate of drug-likeness (QED) is 0.0810. The number of nitrogens with zero attached hydrogens (tertiary/aromatic N) is 5. The van der Waals surface area contributed by atoms with Crippen molar-refractivity contribution in [2.45, 2.75) is 76.5 Å². The average Bonchev–Trinajstić information content (AvgIpc) is 3.55. The number of ether oxygens (including phenoxy) is 3. The Morgan fingerprint density at radius 2 is 1.66 bits per heavy atom. The van der Waals surface area contributed by atoms with Gasteiger partial charge in [0.15, 0.2) is 0 Å². The van der Waals surface area contributed by atoms with Crippen LogP contribution in [-0.4, -0.2) is 80.5 Å². The molecule has 0 bridgehead atoms. The minimum absolute atomic E-state index is 0.0188. The summed E-state index contributed by atoms with van der Waals surface area (Å²) in [5, 5.41) is 16.4. The smallest absolute Gasteiger partial charge is 0.330 e. The van der Waals surface area contributed by atoms with Crippen LogP contribution in [0.1, 0.15) is 43.3 Å². The summed E-state index contributed by atoms with van der Waals surface area (Å²) in [6.45, 7) is 3.77. The molecule has 2 aliphatic heterocycles. The molecule has 0 aromatic carbocycles. The van der Waals surface area contributed by atoms with Crippen LogP contribution in [0.5, 0.6) is 0 Å². The minimum Gasteiger partial charge on any atom is -0.468 e. The Hall–Kier alpha value is -3.83. The van der Waals surface area contributed by atoms with Crippen LogP contribution in [0.25, 0.3) is 10.4 Å². The molecule has 2 unspecified atom stereocenters. The molecule has 0 saturated carbocycles. The van der Waals surface area contributed by atoms with Crippen molar-refractivity contribution in [2.75, 3.05) is 19.9 Å². The van der Waals surface area contributed by atoms with Gasteiger partial charge in [0, 0.05) is 41.3 Å². The van der Waals surface area contributed by atoms with Crippen molar-refractivity contribution in [1.82, 2.24) is 24.2 Å². The zero-order chi connectivity index (χ0) is 32.3. The molecule has 4 rings (SSSR count). The molecule has 2 aromatic rings. The largest absolute Gasteiger partial charge is 0.468 e. The molecule has 44 heavy (non-hydrogen) atoms. The first kappa shape index (κ1) is 33.1. The monoisotopic (exact) mass is 640 g/mol.